The lowest BCUT2D eigenvalue weighted by Gasteiger charge is -2.12. The van der Waals surface area contributed by atoms with Crippen molar-refractivity contribution >= 4 is 57.5 Å². The van der Waals surface area contributed by atoms with E-state index in [0.717, 1.165) is 15.7 Å². The molecule has 2 N–H and O–H groups in total. The van der Waals surface area contributed by atoms with Gasteiger partial charge in [0.15, 0.2) is 0 Å². The number of pyridine rings is 1. The van der Waals surface area contributed by atoms with Crippen molar-refractivity contribution in [3.63, 3.8) is 0 Å². The zero-order valence-electron chi connectivity index (χ0n) is 17.2. The number of nitrogens with zero attached hydrogens (tertiary/aromatic N) is 1. The fourth-order valence-corrected chi connectivity index (χ4v) is 4.07. The van der Waals surface area contributed by atoms with Crippen LogP contribution in [-0.2, 0) is 4.79 Å². The van der Waals surface area contributed by atoms with Crippen molar-refractivity contribution in [2.24, 2.45) is 0 Å². The number of carbonyl (C=O) groups is 2. The Labute approximate surface area is 195 Å². The minimum atomic E-state index is -0.328. The average molecular weight is 462 g/mol. The maximum atomic E-state index is 12.6. The second kappa shape index (κ2) is 9.85. The van der Waals surface area contributed by atoms with Crippen molar-refractivity contribution in [3.05, 3.63) is 95.6 Å². The predicted octanol–water partition coefficient (Wildman–Crippen LogP) is 6.26. The molecular weight excluding hydrogens is 442 g/mol. The molecule has 1 aromatic heterocycles. The highest BCUT2D eigenvalue weighted by atomic mass is 35.5. The number of fused-ring (bicyclic) bond motifs is 1. The molecule has 0 bridgehead atoms. The Morgan fingerprint density at radius 3 is 2.38 bits per heavy atom. The van der Waals surface area contributed by atoms with Crippen LogP contribution in [0.1, 0.15) is 17.3 Å². The molecule has 0 radical (unpaired) electrons. The SMILES string of the molecule is CC(Sc1ccc(NC(=O)c2ccc3ccccc3c2)cc1)C(=O)Nc1ccc(Cl)cn1. The Bertz CT molecular complexity index is 1260. The summed E-state index contributed by atoms with van der Waals surface area (Å²) in [6, 6.07) is 24.3. The van der Waals surface area contributed by atoms with Crippen molar-refractivity contribution in [1.82, 2.24) is 4.98 Å². The largest absolute Gasteiger partial charge is 0.322 e. The van der Waals surface area contributed by atoms with Crippen LogP contribution in [0.15, 0.2) is 90.0 Å². The third-order valence-electron chi connectivity index (χ3n) is 4.78. The zero-order valence-corrected chi connectivity index (χ0v) is 18.8. The number of anilines is 2. The smallest absolute Gasteiger partial charge is 0.255 e. The molecule has 0 saturated carbocycles. The van der Waals surface area contributed by atoms with E-state index < -0.39 is 0 Å². The quantitative estimate of drug-likeness (QED) is 0.332. The highest BCUT2D eigenvalue weighted by Gasteiger charge is 2.15. The van der Waals surface area contributed by atoms with Crippen molar-refractivity contribution in [3.8, 4) is 0 Å². The number of carbonyl (C=O) groups excluding carboxylic acids is 2. The molecule has 32 heavy (non-hydrogen) atoms. The molecule has 4 aromatic rings. The first-order valence-electron chi connectivity index (χ1n) is 9.97. The van der Waals surface area contributed by atoms with Gasteiger partial charge in [-0.2, -0.15) is 0 Å². The van der Waals surface area contributed by atoms with E-state index in [9.17, 15) is 9.59 Å². The summed E-state index contributed by atoms with van der Waals surface area (Å²) in [6.45, 7) is 1.82. The molecule has 0 aliphatic rings. The van der Waals surface area contributed by atoms with Gasteiger partial charge in [-0.3, -0.25) is 9.59 Å². The van der Waals surface area contributed by atoms with Crippen LogP contribution in [0.4, 0.5) is 11.5 Å². The van der Waals surface area contributed by atoms with Crippen LogP contribution in [0.25, 0.3) is 10.8 Å². The lowest BCUT2D eigenvalue weighted by molar-refractivity contribution is -0.115. The van der Waals surface area contributed by atoms with Crippen molar-refractivity contribution in [2.75, 3.05) is 10.6 Å². The molecule has 7 heteroatoms. The summed E-state index contributed by atoms with van der Waals surface area (Å²) >= 11 is 7.24. The standard InChI is InChI=1S/C25H20ClN3O2S/c1-16(24(30)29-23-13-8-20(26)15-27-23)32-22-11-9-21(10-12-22)28-25(31)19-7-6-17-4-2-3-5-18(17)14-19/h2-16H,1H3,(H,28,31)(H,27,29,30). The monoisotopic (exact) mass is 461 g/mol. The summed E-state index contributed by atoms with van der Waals surface area (Å²) in [5, 5.41) is 7.99. The van der Waals surface area contributed by atoms with Crippen LogP contribution in [0, 0.1) is 0 Å². The van der Waals surface area contributed by atoms with Crippen LogP contribution in [0.5, 0.6) is 0 Å². The lowest BCUT2D eigenvalue weighted by atomic mass is 10.1. The molecule has 4 rings (SSSR count). The van der Waals surface area contributed by atoms with E-state index in [1.54, 1.807) is 12.1 Å². The van der Waals surface area contributed by atoms with Gasteiger partial charge >= 0.3 is 0 Å². The van der Waals surface area contributed by atoms with E-state index in [1.165, 1.54) is 18.0 Å². The molecule has 0 aliphatic heterocycles. The molecule has 0 spiro atoms. The first kappa shape index (κ1) is 21.9. The van der Waals surface area contributed by atoms with E-state index in [4.69, 9.17) is 11.6 Å². The molecular formula is C25H20ClN3O2S. The topological polar surface area (TPSA) is 71.1 Å². The van der Waals surface area contributed by atoms with E-state index in [2.05, 4.69) is 15.6 Å². The summed E-state index contributed by atoms with van der Waals surface area (Å²) in [7, 11) is 0. The number of rotatable bonds is 6. The number of hydrogen-bond acceptors (Lipinski definition) is 4. The second-order valence-corrected chi connectivity index (χ2v) is 9.00. The number of aromatic nitrogens is 1. The molecule has 2 amide bonds. The third kappa shape index (κ3) is 5.46. The fourth-order valence-electron chi connectivity index (χ4n) is 3.09. The van der Waals surface area contributed by atoms with Crippen LogP contribution < -0.4 is 10.6 Å². The third-order valence-corrected chi connectivity index (χ3v) is 6.12. The van der Waals surface area contributed by atoms with Gasteiger partial charge in [-0.25, -0.2) is 4.98 Å². The molecule has 0 saturated heterocycles. The summed E-state index contributed by atoms with van der Waals surface area (Å²) in [6.07, 6.45) is 1.49. The number of amides is 2. The molecule has 1 heterocycles. The maximum absolute atomic E-state index is 12.6. The molecule has 5 nitrogen and oxygen atoms in total. The minimum absolute atomic E-state index is 0.154. The first-order chi connectivity index (χ1) is 15.5. The summed E-state index contributed by atoms with van der Waals surface area (Å²) in [4.78, 5) is 30.0. The molecule has 160 valence electrons. The fraction of sp³-hybridized carbons (Fsp3) is 0.0800. The Kier molecular flexibility index (Phi) is 6.73. The van der Waals surface area contributed by atoms with Gasteiger partial charge in [-0.1, -0.05) is 41.9 Å². The molecule has 0 fully saturated rings. The summed E-state index contributed by atoms with van der Waals surface area (Å²) in [5.41, 5.74) is 1.29. The molecule has 1 unspecified atom stereocenters. The number of halogens is 1. The van der Waals surface area contributed by atoms with E-state index in [0.29, 0.717) is 22.1 Å². The van der Waals surface area contributed by atoms with E-state index >= 15 is 0 Å². The van der Waals surface area contributed by atoms with Crippen LogP contribution >= 0.6 is 23.4 Å². The second-order valence-electron chi connectivity index (χ2n) is 7.15. The number of benzene rings is 3. The molecule has 1 atom stereocenters. The summed E-state index contributed by atoms with van der Waals surface area (Å²) < 4.78 is 0. The highest BCUT2D eigenvalue weighted by molar-refractivity contribution is 8.00. The lowest BCUT2D eigenvalue weighted by Crippen LogP contribution is -2.22. The average Bonchev–Trinajstić information content (AvgIpc) is 2.81. The predicted molar refractivity (Wildman–Crippen MR) is 132 cm³/mol. The van der Waals surface area contributed by atoms with Gasteiger partial charge in [-0.05, 0) is 66.2 Å². The van der Waals surface area contributed by atoms with Crippen LogP contribution in [0.3, 0.4) is 0 Å². The van der Waals surface area contributed by atoms with E-state index in [-0.39, 0.29) is 17.1 Å². The van der Waals surface area contributed by atoms with Crippen LogP contribution in [0.2, 0.25) is 5.02 Å². The number of nitrogens with one attached hydrogen (secondary N) is 2. The Morgan fingerprint density at radius 1 is 0.906 bits per heavy atom. The van der Waals surface area contributed by atoms with Crippen molar-refractivity contribution in [1.29, 1.82) is 0 Å². The van der Waals surface area contributed by atoms with E-state index in [1.807, 2.05) is 73.7 Å². The van der Waals surface area contributed by atoms with Gasteiger partial charge in [0, 0.05) is 22.3 Å². The minimum Gasteiger partial charge on any atom is -0.322 e. The normalized spacial score (nSPS) is 11.7. The van der Waals surface area contributed by atoms with Gasteiger partial charge in [0.2, 0.25) is 5.91 Å². The Morgan fingerprint density at radius 2 is 1.66 bits per heavy atom. The Balaban J connectivity index is 1.35. The van der Waals surface area contributed by atoms with Crippen molar-refractivity contribution in [2.45, 2.75) is 17.1 Å². The summed E-state index contributed by atoms with van der Waals surface area (Å²) in [5.74, 6) is 0.136. The first-order valence-corrected chi connectivity index (χ1v) is 11.2. The van der Waals surface area contributed by atoms with Gasteiger partial charge < -0.3 is 10.6 Å². The van der Waals surface area contributed by atoms with Crippen LogP contribution in [-0.4, -0.2) is 22.0 Å². The molecule has 0 aliphatic carbocycles. The Hall–Kier alpha value is -3.35. The van der Waals surface area contributed by atoms with Gasteiger partial charge in [0.05, 0.1) is 10.3 Å². The number of thioether (sulfide) groups is 1. The number of hydrogen-bond donors (Lipinski definition) is 2. The van der Waals surface area contributed by atoms with Crippen molar-refractivity contribution < 1.29 is 9.59 Å². The molecule has 3 aromatic carbocycles. The zero-order chi connectivity index (χ0) is 22.5. The van der Waals surface area contributed by atoms with Gasteiger partial charge in [-0.15, -0.1) is 11.8 Å². The van der Waals surface area contributed by atoms with Gasteiger partial charge in [0.25, 0.3) is 5.91 Å². The highest BCUT2D eigenvalue weighted by Crippen LogP contribution is 2.26. The van der Waals surface area contributed by atoms with Gasteiger partial charge in [0.1, 0.15) is 5.82 Å². The maximum Gasteiger partial charge on any atom is 0.255 e.